The van der Waals surface area contributed by atoms with Gasteiger partial charge in [-0.15, -0.1) is 24.0 Å². The smallest absolute Gasteiger partial charge is 0.243 e. The number of ether oxygens (including phenoxy) is 3. The molecule has 1 aromatic carbocycles. The van der Waals surface area contributed by atoms with Crippen molar-refractivity contribution in [2.75, 3.05) is 60.2 Å². The van der Waals surface area contributed by atoms with Gasteiger partial charge in [-0.3, -0.25) is 4.79 Å². The van der Waals surface area contributed by atoms with E-state index in [-0.39, 0.29) is 42.5 Å². The van der Waals surface area contributed by atoms with Crippen molar-refractivity contribution in [1.82, 2.24) is 15.5 Å². The number of hydrogen-bond donors (Lipinski definition) is 2. The highest BCUT2D eigenvalue weighted by molar-refractivity contribution is 14.0. The van der Waals surface area contributed by atoms with E-state index >= 15 is 0 Å². The van der Waals surface area contributed by atoms with E-state index in [9.17, 15) is 4.79 Å². The van der Waals surface area contributed by atoms with Crippen molar-refractivity contribution in [3.8, 4) is 0 Å². The van der Waals surface area contributed by atoms with Gasteiger partial charge in [-0.05, 0) is 31.2 Å². The summed E-state index contributed by atoms with van der Waals surface area (Å²) in [6.45, 7) is 4.72. The van der Waals surface area contributed by atoms with Crippen LogP contribution in [0.5, 0.6) is 0 Å². The first-order chi connectivity index (χ1) is 15.1. The van der Waals surface area contributed by atoms with Crippen LogP contribution >= 0.6 is 24.0 Å². The van der Waals surface area contributed by atoms with E-state index < -0.39 is 0 Å². The van der Waals surface area contributed by atoms with Crippen LogP contribution in [0.3, 0.4) is 0 Å². The fraction of sp³-hybridized carbons (Fsp3) is 0.652. The zero-order chi connectivity index (χ0) is 22.2. The van der Waals surface area contributed by atoms with Gasteiger partial charge in [-0.2, -0.15) is 0 Å². The normalized spacial score (nSPS) is 16.2. The van der Waals surface area contributed by atoms with Gasteiger partial charge in [0.2, 0.25) is 5.91 Å². The van der Waals surface area contributed by atoms with Gasteiger partial charge in [0.05, 0.1) is 25.9 Å². The first-order valence-corrected chi connectivity index (χ1v) is 11.2. The van der Waals surface area contributed by atoms with E-state index in [2.05, 4.69) is 15.6 Å². The van der Waals surface area contributed by atoms with Crippen LogP contribution in [0.2, 0.25) is 0 Å². The molecule has 1 fully saturated rings. The molecule has 8 nitrogen and oxygen atoms in total. The number of hydrogen-bond acceptors (Lipinski definition) is 5. The van der Waals surface area contributed by atoms with Gasteiger partial charge in [0.1, 0.15) is 6.54 Å². The van der Waals surface area contributed by atoms with Crippen molar-refractivity contribution in [1.29, 1.82) is 0 Å². The topological polar surface area (TPSA) is 84.4 Å². The summed E-state index contributed by atoms with van der Waals surface area (Å²) >= 11 is 0. The quantitative estimate of drug-likeness (QED) is 0.166. The van der Waals surface area contributed by atoms with Crippen LogP contribution in [0.4, 0.5) is 0 Å². The summed E-state index contributed by atoms with van der Waals surface area (Å²) in [6.07, 6.45) is 4.41. The predicted octanol–water partition coefficient (Wildman–Crippen LogP) is 2.42. The zero-order valence-corrected chi connectivity index (χ0v) is 21.7. The summed E-state index contributed by atoms with van der Waals surface area (Å²) in [5, 5.41) is 6.58. The van der Waals surface area contributed by atoms with Crippen LogP contribution in [0.15, 0.2) is 35.3 Å². The highest BCUT2D eigenvalue weighted by Crippen LogP contribution is 2.11. The Morgan fingerprint density at radius 3 is 2.62 bits per heavy atom. The van der Waals surface area contributed by atoms with E-state index in [1.54, 1.807) is 19.0 Å². The Bertz CT molecular complexity index is 640. The second-order valence-corrected chi connectivity index (χ2v) is 7.75. The zero-order valence-electron chi connectivity index (χ0n) is 19.4. The van der Waals surface area contributed by atoms with Crippen LogP contribution in [-0.4, -0.2) is 83.0 Å². The molecule has 0 spiro atoms. The fourth-order valence-corrected chi connectivity index (χ4v) is 3.01. The second-order valence-electron chi connectivity index (χ2n) is 7.75. The molecule has 0 aromatic heterocycles. The van der Waals surface area contributed by atoms with Crippen molar-refractivity contribution in [2.24, 2.45) is 4.99 Å². The maximum Gasteiger partial charge on any atom is 0.243 e. The number of carbonyl (C=O) groups is 1. The lowest BCUT2D eigenvalue weighted by Gasteiger charge is -2.24. The maximum atomic E-state index is 11.9. The van der Waals surface area contributed by atoms with Crippen molar-refractivity contribution in [3.05, 3.63) is 35.9 Å². The first-order valence-electron chi connectivity index (χ1n) is 11.2. The Balaban J connectivity index is 0.00000512. The van der Waals surface area contributed by atoms with Gasteiger partial charge in [0.15, 0.2) is 5.96 Å². The Morgan fingerprint density at radius 1 is 1.12 bits per heavy atom. The third-order valence-corrected chi connectivity index (χ3v) is 4.88. The number of nitrogens with zero attached hydrogens (tertiary/aromatic N) is 2. The molecular weight excluding hydrogens is 523 g/mol. The maximum absolute atomic E-state index is 11.9. The Kier molecular flexibility index (Phi) is 16.1. The number of rotatable bonds is 13. The third kappa shape index (κ3) is 13.2. The van der Waals surface area contributed by atoms with Crippen LogP contribution in [0, 0.1) is 0 Å². The highest BCUT2D eigenvalue weighted by atomic mass is 127. The summed E-state index contributed by atoms with van der Waals surface area (Å²) in [5.74, 6) is 0.601. The molecule has 1 aliphatic heterocycles. The van der Waals surface area contributed by atoms with E-state index in [1.807, 2.05) is 30.3 Å². The standard InChI is InChI=1S/C23H38N4O4.HI/c1-27(2)22(28)18-26-23(25-17-21-11-6-7-14-31-21)24-12-8-13-29-15-16-30-19-20-9-4-3-5-10-20;/h3-5,9-10,21H,6-8,11-19H2,1-2H3,(H2,24,25,26);1H. The van der Waals surface area contributed by atoms with Gasteiger partial charge in [-0.25, -0.2) is 4.99 Å². The molecule has 0 saturated carbocycles. The molecule has 2 N–H and O–H groups in total. The number of aliphatic imine (C=N–C) groups is 1. The minimum Gasteiger partial charge on any atom is -0.379 e. The fourth-order valence-electron chi connectivity index (χ4n) is 3.01. The molecule has 9 heteroatoms. The molecular formula is C23H39IN4O4. The number of guanidine groups is 1. The first kappa shape index (κ1) is 28.6. The van der Waals surface area contributed by atoms with Gasteiger partial charge in [0.25, 0.3) is 0 Å². The Hall–Kier alpha value is -1.43. The number of likely N-dealkylation sites (N-methyl/N-ethyl adjacent to an activating group) is 1. The van der Waals surface area contributed by atoms with E-state index in [4.69, 9.17) is 14.2 Å². The summed E-state index contributed by atoms with van der Waals surface area (Å²) in [6, 6.07) is 10.1. The van der Waals surface area contributed by atoms with Crippen LogP contribution < -0.4 is 10.6 Å². The molecule has 0 aliphatic carbocycles. The molecule has 182 valence electrons. The molecule has 0 radical (unpaired) electrons. The summed E-state index contributed by atoms with van der Waals surface area (Å²) in [5.41, 5.74) is 1.16. The number of carbonyl (C=O) groups excluding carboxylic acids is 1. The van der Waals surface area contributed by atoms with E-state index in [0.717, 1.165) is 31.4 Å². The molecule has 1 unspecified atom stereocenters. The number of halogens is 1. The average Bonchev–Trinajstić information content (AvgIpc) is 2.80. The highest BCUT2D eigenvalue weighted by Gasteiger charge is 2.14. The SMILES string of the molecule is CN(C)C(=O)CN=C(NCCCOCCOCc1ccccc1)NCC1CCCCO1.I. The van der Waals surface area contributed by atoms with Crippen LogP contribution in [-0.2, 0) is 25.6 Å². The van der Waals surface area contributed by atoms with Crippen molar-refractivity contribution < 1.29 is 19.0 Å². The molecule has 1 atom stereocenters. The van der Waals surface area contributed by atoms with Crippen LogP contribution in [0.1, 0.15) is 31.2 Å². The Labute approximate surface area is 209 Å². The molecule has 32 heavy (non-hydrogen) atoms. The van der Waals surface area contributed by atoms with Crippen LogP contribution in [0.25, 0.3) is 0 Å². The van der Waals surface area contributed by atoms with Gasteiger partial charge < -0.3 is 29.7 Å². The second kappa shape index (κ2) is 18.0. The lowest BCUT2D eigenvalue weighted by Crippen LogP contribution is -2.43. The largest absolute Gasteiger partial charge is 0.379 e. The molecule has 1 saturated heterocycles. The summed E-state index contributed by atoms with van der Waals surface area (Å²) in [4.78, 5) is 17.8. The predicted molar refractivity (Wildman–Crippen MR) is 138 cm³/mol. The molecule has 1 aliphatic rings. The molecule has 1 aromatic rings. The number of nitrogens with one attached hydrogen (secondary N) is 2. The average molecular weight is 562 g/mol. The summed E-state index contributed by atoms with van der Waals surface area (Å²) < 4.78 is 17.0. The van der Waals surface area contributed by atoms with Gasteiger partial charge in [-0.1, -0.05) is 30.3 Å². The molecule has 1 amide bonds. The summed E-state index contributed by atoms with van der Waals surface area (Å²) in [7, 11) is 3.46. The molecule has 2 rings (SSSR count). The number of amides is 1. The van der Waals surface area contributed by atoms with Crippen molar-refractivity contribution in [3.63, 3.8) is 0 Å². The minimum absolute atomic E-state index is 0. The third-order valence-electron chi connectivity index (χ3n) is 4.88. The van der Waals surface area contributed by atoms with Crippen molar-refractivity contribution >= 4 is 35.8 Å². The van der Waals surface area contributed by atoms with Gasteiger partial charge in [0, 0.05) is 40.4 Å². The number of benzene rings is 1. The lowest BCUT2D eigenvalue weighted by molar-refractivity contribution is -0.127. The van der Waals surface area contributed by atoms with E-state index in [0.29, 0.717) is 45.5 Å². The lowest BCUT2D eigenvalue weighted by atomic mass is 10.1. The van der Waals surface area contributed by atoms with E-state index in [1.165, 1.54) is 6.42 Å². The molecule has 0 bridgehead atoms. The molecule has 1 heterocycles. The monoisotopic (exact) mass is 562 g/mol. The van der Waals surface area contributed by atoms with Gasteiger partial charge >= 0.3 is 0 Å². The minimum atomic E-state index is -0.0335. The van der Waals surface area contributed by atoms with Crippen molar-refractivity contribution in [2.45, 2.75) is 38.4 Å². The Morgan fingerprint density at radius 2 is 1.91 bits per heavy atom.